The molecule has 1 atom stereocenters. The minimum Gasteiger partial charge on any atom is -0.496 e. The van der Waals surface area contributed by atoms with Gasteiger partial charge in [-0.05, 0) is 49.9 Å². The quantitative estimate of drug-likeness (QED) is 0.573. The predicted octanol–water partition coefficient (Wildman–Crippen LogP) is 3.00. The Balaban J connectivity index is 1.90. The average molecular weight is 299 g/mol. The van der Waals surface area contributed by atoms with Crippen molar-refractivity contribution < 1.29 is 19.0 Å². The molecule has 0 bridgehead atoms. The Kier molecular flexibility index (Phi) is 4.89. The highest BCUT2D eigenvalue weighted by atomic mass is 35.5. The van der Waals surface area contributed by atoms with E-state index < -0.39 is 5.60 Å². The maximum atomic E-state index is 11.8. The van der Waals surface area contributed by atoms with Crippen LogP contribution >= 0.6 is 11.6 Å². The lowest BCUT2D eigenvalue weighted by Gasteiger charge is -2.12. The highest BCUT2D eigenvalue weighted by Crippen LogP contribution is 2.35. The van der Waals surface area contributed by atoms with Crippen LogP contribution in [0.1, 0.15) is 25.3 Å². The first kappa shape index (κ1) is 15.1. The van der Waals surface area contributed by atoms with Gasteiger partial charge in [-0.1, -0.05) is 11.6 Å². The first-order chi connectivity index (χ1) is 9.61. The van der Waals surface area contributed by atoms with Gasteiger partial charge in [0, 0.05) is 5.02 Å². The van der Waals surface area contributed by atoms with Gasteiger partial charge in [0.15, 0.2) is 5.60 Å². The van der Waals surface area contributed by atoms with Crippen molar-refractivity contribution in [1.29, 1.82) is 0 Å². The van der Waals surface area contributed by atoms with Gasteiger partial charge in [-0.2, -0.15) is 0 Å². The smallest absolute Gasteiger partial charge is 0.340 e. The molecule has 0 saturated carbocycles. The number of epoxide rings is 1. The number of aryl methyl sites for hydroxylation is 1. The van der Waals surface area contributed by atoms with Crippen molar-refractivity contribution in [1.82, 2.24) is 0 Å². The van der Waals surface area contributed by atoms with Gasteiger partial charge in [0.2, 0.25) is 0 Å². The van der Waals surface area contributed by atoms with Gasteiger partial charge in [-0.15, -0.1) is 0 Å². The number of rotatable bonds is 7. The third kappa shape index (κ3) is 3.44. The fourth-order valence-electron chi connectivity index (χ4n) is 2.22. The zero-order chi connectivity index (χ0) is 14.6. The first-order valence-electron chi connectivity index (χ1n) is 6.75. The molecule has 0 unspecified atom stereocenters. The van der Waals surface area contributed by atoms with Gasteiger partial charge >= 0.3 is 5.97 Å². The molecule has 5 heteroatoms. The second-order valence-electron chi connectivity index (χ2n) is 4.81. The van der Waals surface area contributed by atoms with Crippen LogP contribution in [0.3, 0.4) is 0 Å². The van der Waals surface area contributed by atoms with Crippen molar-refractivity contribution in [2.75, 3.05) is 20.3 Å². The van der Waals surface area contributed by atoms with Crippen LogP contribution in [-0.2, 0) is 20.7 Å². The lowest BCUT2D eigenvalue weighted by molar-refractivity contribution is -0.149. The van der Waals surface area contributed by atoms with Crippen LogP contribution < -0.4 is 4.74 Å². The number of hydrogen-bond acceptors (Lipinski definition) is 4. The third-order valence-electron chi connectivity index (χ3n) is 3.41. The molecule has 1 saturated heterocycles. The lowest BCUT2D eigenvalue weighted by Crippen LogP contribution is -2.27. The average Bonchev–Trinajstić information content (AvgIpc) is 3.20. The van der Waals surface area contributed by atoms with Crippen LogP contribution in [0.15, 0.2) is 18.2 Å². The Morgan fingerprint density at radius 1 is 1.50 bits per heavy atom. The van der Waals surface area contributed by atoms with Gasteiger partial charge in [0.1, 0.15) is 5.75 Å². The Bertz CT molecular complexity index is 483. The van der Waals surface area contributed by atoms with E-state index in [1.165, 1.54) is 0 Å². The molecule has 0 radical (unpaired) electrons. The number of halogens is 1. The van der Waals surface area contributed by atoms with Crippen LogP contribution in [0, 0.1) is 0 Å². The molecule has 2 rings (SSSR count). The molecule has 0 aromatic heterocycles. The summed E-state index contributed by atoms with van der Waals surface area (Å²) in [5, 5.41) is 0.684. The zero-order valence-electron chi connectivity index (χ0n) is 11.8. The van der Waals surface area contributed by atoms with Crippen LogP contribution in [0.25, 0.3) is 0 Å². The topological polar surface area (TPSA) is 48.1 Å². The number of esters is 1. The Hall–Kier alpha value is -1.26. The molecule has 0 amide bonds. The van der Waals surface area contributed by atoms with Crippen molar-refractivity contribution in [2.24, 2.45) is 0 Å². The number of methoxy groups -OCH3 is 1. The summed E-state index contributed by atoms with van der Waals surface area (Å²) in [5.41, 5.74) is 0.335. The summed E-state index contributed by atoms with van der Waals surface area (Å²) in [5.74, 6) is 0.564. The largest absolute Gasteiger partial charge is 0.496 e. The molecule has 0 spiro atoms. The Morgan fingerprint density at radius 2 is 2.25 bits per heavy atom. The predicted molar refractivity (Wildman–Crippen MR) is 76.3 cm³/mol. The van der Waals surface area contributed by atoms with Gasteiger partial charge < -0.3 is 14.2 Å². The Morgan fingerprint density at radius 3 is 2.85 bits per heavy atom. The van der Waals surface area contributed by atoms with Gasteiger partial charge in [0.25, 0.3) is 0 Å². The summed E-state index contributed by atoms with van der Waals surface area (Å²) in [6.45, 7) is 2.63. The van der Waals surface area contributed by atoms with E-state index in [2.05, 4.69) is 0 Å². The zero-order valence-corrected chi connectivity index (χ0v) is 12.5. The van der Waals surface area contributed by atoms with Crippen molar-refractivity contribution in [3.05, 3.63) is 28.8 Å². The summed E-state index contributed by atoms with van der Waals surface area (Å²) in [6.07, 6.45) is 2.26. The molecule has 1 aliphatic rings. The molecule has 0 aliphatic carbocycles. The van der Waals surface area contributed by atoms with Crippen LogP contribution in [0.5, 0.6) is 5.75 Å². The molecular weight excluding hydrogens is 280 g/mol. The van der Waals surface area contributed by atoms with Crippen molar-refractivity contribution >= 4 is 17.6 Å². The summed E-state index contributed by atoms with van der Waals surface area (Å²) < 4.78 is 15.6. The van der Waals surface area contributed by atoms with Crippen LogP contribution in [0.4, 0.5) is 0 Å². The van der Waals surface area contributed by atoms with E-state index in [0.717, 1.165) is 24.2 Å². The molecule has 110 valence electrons. The third-order valence-corrected chi connectivity index (χ3v) is 3.64. The SMILES string of the molecule is CCOC(=O)[C@]1(CCCc2cc(Cl)ccc2OC)CO1. The molecule has 1 aromatic carbocycles. The molecule has 20 heavy (non-hydrogen) atoms. The lowest BCUT2D eigenvalue weighted by atomic mass is 10.00. The van der Waals surface area contributed by atoms with E-state index in [0.29, 0.717) is 24.7 Å². The van der Waals surface area contributed by atoms with Crippen molar-refractivity contribution in [2.45, 2.75) is 31.8 Å². The molecule has 1 aliphatic heterocycles. The van der Waals surface area contributed by atoms with E-state index in [-0.39, 0.29) is 5.97 Å². The van der Waals surface area contributed by atoms with E-state index in [1.807, 2.05) is 12.1 Å². The molecule has 4 nitrogen and oxygen atoms in total. The highest BCUT2D eigenvalue weighted by Gasteiger charge is 2.52. The highest BCUT2D eigenvalue weighted by molar-refractivity contribution is 6.30. The second-order valence-corrected chi connectivity index (χ2v) is 5.25. The number of carbonyl (C=O) groups excluding carboxylic acids is 1. The van der Waals surface area contributed by atoms with Crippen molar-refractivity contribution in [3.8, 4) is 5.75 Å². The fourth-order valence-corrected chi connectivity index (χ4v) is 2.42. The van der Waals surface area contributed by atoms with E-state index >= 15 is 0 Å². The van der Waals surface area contributed by atoms with Crippen LogP contribution in [0.2, 0.25) is 5.02 Å². The fraction of sp³-hybridized carbons (Fsp3) is 0.533. The first-order valence-corrected chi connectivity index (χ1v) is 7.12. The molecule has 1 heterocycles. The summed E-state index contributed by atoms with van der Waals surface area (Å²) in [7, 11) is 1.64. The summed E-state index contributed by atoms with van der Waals surface area (Å²) in [6, 6.07) is 5.55. The van der Waals surface area contributed by atoms with E-state index in [1.54, 1.807) is 20.1 Å². The number of ether oxygens (including phenoxy) is 3. The minimum atomic E-state index is -0.707. The molecule has 1 aromatic rings. The van der Waals surface area contributed by atoms with Gasteiger partial charge in [0.05, 0.1) is 20.3 Å². The molecular formula is C15H19ClO4. The van der Waals surface area contributed by atoms with Gasteiger partial charge in [-0.3, -0.25) is 0 Å². The monoisotopic (exact) mass is 298 g/mol. The van der Waals surface area contributed by atoms with Gasteiger partial charge in [-0.25, -0.2) is 4.79 Å². The second kappa shape index (κ2) is 6.46. The Labute approximate surface area is 124 Å². The van der Waals surface area contributed by atoms with E-state index in [9.17, 15) is 4.79 Å². The summed E-state index contributed by atoms with van der Waals surface area (Å²) >= 11 is 5.99. The van der Waals surface area contributed by atoms with E-state index in [4.69, 9.17) is 25.8 Å². The standard InChI is InChI=1S/C15H19ClO4/c1-3-19-14(17)15(10-20-15)8-4-5-11-9-12(16)6-7-13(11)18-2/h6-7,9H,3-5,8,10H2,1-2H3/t15-/m0/s1. The maximum absolute atomic E-state index is 11.8. The van der Waals surface area contributed by atoms with Crippen molar-refractivity contribution in [3.63, 3.8) is 0 Å². The number of benzene rings is 1. The molecule has 0 N–H and O–H groups in total. The number of hydrogen-bond donors (Lipinski definition) is 0. The molecule has 1 fully saturated rings. The van der Waals surface area contributed by atoms with Crippen LogP contribution in [-0.4, -0.2) is 31.9 Å². The minimum absolute atomic E-state index is 0.252. The number of carbonyl (C=O) groups is 1. The maximum Gasteiger partial charge on any atom is 0.340 e. The normalized spacial score (nSPS) is 20.6. The summed E-state index contributed by atoms with van der Waals surface area (Å²) in [4.78, 5) is 11.8.